The van der Waals surface area contributed by atoms with Gasteiger partial charge in [0.1, 0.15) is 0 Å². The SMILES string of the molecule is CCN(C(=O)CSc1nnnn1-c1c(C)cccc1C)c1ccccc1. The lowest BCUT2D eigenvalue weighted by Gasteiger charge is -2.20. The lowest BCUT2D eigenvalue weighted by molar-refractivity contribution is -0.116. The van der Waals surface area contributed by atoms with Crippen molar-refractivity contribution < 1.29 is 4.79 Å². The van der Waals surface area contributed by atoms with Gasteiger partial charge >= 0.3 is 0 Å². The van der Waals surface area contributed by atoms with Crippen LogP contribution in [0.3, 0.4) is 0 Å². The molecule has 0 bridgehead atoms. The molecule has 0 radical (unpaired) electrons. The van der Waals surface area contributed by atoms with Crippen molar-refractivity contribution >= 4 is 23.4 Å². The first-order valence-corrected chi connectivity index (χ1v) is 9.43. The molecule has 7 heteroatoms. The zero-order valence-corrected chi connectivity index (χ0v) is 15.9. The van der Waals surface area contributed by atoms with Crippen LogP contribution < -0.4 is 4.90 Å². The number of hydrogen-bond donors (Lipinski definition) is 0. The first-order valence-electron chi connectivity index (χ1n) is 8.45. The summed E-state index contributed by atoms with van der Waals surface area (Å²) in [7, 11) is 0. The first kappa shape index (κ1) is 18.1. The number of benzene rings is 2. The number of rotatable bonds is 6. The number of para-hydroxylation sites is 2. The molecule has 26 heavy (non-hydrogen) atoms. The van der Waals surface area contributed by atoms with Gasteiger partial charge in [0.15, 0.2) is 0 Å². The molecule has 2 aromatic carbocycles. The monoisotopic (exact) mass is 367 g/mol. The molecule has 0 N–H and O–H groups in total. The van der Waals surface area contributed by atoms with E-state index in [4.69, 9.17) is 0 Å². The maximum atomic E-state index is 12.7. The van der Waals surface area contributed by atoms with E-state index in [1.54, 1.807) is 9.58 Å². The van der Waals surface area contributed by atoms with E-state index in [1.807, 2.05) is 69.3 Å². The molecule has 0 aliphatic heterocycles. The lowest BCUT2D eigenvalue weighted by Crippen LogP contribution is -2.32. The number of hydrogen-bond acceptors (Lipinski definition) is 5. The largest absolute Gasteiger partial charge is 0.312 e. The van der Waals surface area contributed by atoms with Crippen molar-refractivity contribution in [3.63, 3.8) is 0 Å². The standard InChI is InChI=1S/C19H21N5OS/c1-4-23(16-11-6-5-7-12-16)17(25)13-26-19-20-21-22-24(19)18-14(2)9-8-10-15(18)3/h5-12H,4,13H2,1-3H3. The predicted molar refractivity (Wildman–Crippen MR) is 104 cm³/mol. The van der Waals surface area contributed by atoms with Gasteiger partial charge in [-0.15, -0.1) is 5.10 Å². The highest BCUT2D eigenvalue weighted by Gasteiger charge is 2.18. The normalized spacial score (nSPS) is 10.7. The van der Waals surface area contributed by atoms with Crippen LogP contribution in [0.4, 0.5) is 5.69 Å². The molecule has 0 unspecified atom stereocenters. The number of aryl methyl sites for hydroxylation is 2. The highest BCUT2D eigenvalue weighted by atomic mass is 32.2. The smallest absolute Gasteiger partial charge is 0.237 e. The van der Waals surface area contributed by atoms with Crippen LogP contribution >= 0.6 is 11.8 Å². The molecular formula is C19H21N5OS. The second kappa shape index (κ2) is 8.14. The minimum Gasteiger partial charge on any atom is -0.312 e. The zero-order chi connectivity index (χ0) is 18.5. The summed E-state index contributed by atoms with van der Waals surface area (Å²) in [6, 6.07) is 15.7. The minimum atomic E-state index is 0.0276. The second-order valence-electron chi connectivity index (χ2n) is 5.88. The number of carbonyl (C=O) groups excluding carboxylic acids is 1. The Hall–Kier alpha value is -2.67. The Morgan fingerprint density at radius 1 is 1.08 bits per heavy atom. The van der Waals surface area contributed by atoms with Crippen molar-refractivity contribution in [1.29, 1.82) is 0 Å². The van der Waals surface area contributed by atoms with Crippen LogP contribution in [0, 0.1) is 13.8 Å². The Morgan fingerprint density at radius 2 is 1.77 bits per heavy atom. The van der Waals surface area contributed by atoms with Gasteiger partial charge < -0.3 is 4.90 Å². The van der Waals surface area contributed by atoms with Crippen molar-refractivity contribution in [2.75, 3.05) is 17.2 Å². The van der Waals surface area contributed by atoms with Crippen LogP contribution in [0.2, 0.25) is 0 Å². The average molecular weight is 367 g/mol. The van der Waals surface area contributed by atoms with Gasteiger partial charge in [-0.2, -0.15) is 4.68 Å². The summed E-state index contributed by atoms with van der Waals surface area (Å²) >= 11 is 1.35. The van der Waals surface area contributed by atoms with Gasteiger partial charge in [0.25, 0.3) is 0 Å². The van der Waals surface area contributed by atoms with Crippen LogP contribution in [-0.4, -0.2) is 38.4 Å². The molecule has 0 fully saturated rings. The molecular weight excluding hydrogens is 346 g/mol. The number of anilines is 1. The van der Waals surface area contributed by atoms with E-state index in [0.717, 1.165) is 22.5 Å². The summed E-state index contributed by atoms with van der Waals surface area (Å²) in [5, 5.41) is 12.6. The van der Waals surface area contributed by atoms with Gasteiger partial charge in [-0.1, -0.05) is 48.2 Å². The van der Waals surface area contributed by atoms with Gasteiger partial charge in [-0.05, 0) is 54.5 Å². The van der Waals surface area contributed by atoms with Crippen LogP contribution in [0.1, 0.15) is 18.1 Å². The first-order chi connectivity index (χ1) is 12.6. The van der Waals surface area contributed by atoms with Crippen molar-refractivity contribution in [1.82, 2.24) is 20.2 Å². The molecule has 0 aliphatic carbocycles. The predicted octanol–water partition coefficient (Wildman–Crippen LogP) is 3.42. The molecule has 134 valence electrons. The number of aromatic nitrogens is 4. The van der Waals surface area contributed by atoms with E-state index in [-0.39, 0.29) is 11.7 Å². The van der Waals surface area contributed by atoms with Crippen molar-refractivity contribution in [2.24, 2.45) is 0 Å². The molecule has 0 aliphatic rings. The van der Waals surface area contributed by atoms with E-state index >= 15 is 0 Å². The molecule has 0 saturated carbocycles. The molecule has 1 aromatic heterocycles. The van der Waals surface area contributed by atoms with Crippen LogP contribution in [0.15, 0.2) is 53.7 Å². The van der Waals surface area contributed by atoms with Crippen molar-refractivity contribution in [3.8, 4) is 5.69 Å². The van der Waals surface area contributed by atoms with E-state index in [1.165, 1.54) is 11.8 Å². The maximum Gasteiger partial charge on any atom is 0.237 e. The summed E-state index contributed by atoms with van der Waals surface area (Å²) in [6.45, 7) is 6.64. The Bertz CT molecular complexity index is 874. The third-order valence-electron chi connectivity index (χ3n) is 4.10. The summed E-state index contributed by atoms with van der Waals surface area (Å²) < 4.78 is 1.71. The Balaban J connectivity index is 1.77. The summed E-state index contributed by atoms with van der Waals surface area (Å²) in [5.41, 5.74) is 4.03. The molecule has 6 nitrogen and oxygen atoms in total. The fourth-order valence-electron chi connectivity index (χ4n) is 2.86. The topological polar surface area (TPSA) is 63.9 Å². The van der Waals surface area contributed by atoms with E-state index in [0.29, 0.717) is 11.7 Å². The summed E-state index contributed by atoms with van der Waals surface area (Å²) in [4.78, 5) is 14.4. The quantitative estimate of drug-likeness (QED) is 0.625. The van der Waals surface area contributed by atoms with E-state index < -0.39 is 0 Å². The summed E-state index contributed by atoms with van der Waals surface area (Å²) in [5.74, 6) is 0.299. The number of amides is 1. The zero-order valence-electron chi connectivity index (χ0n) is 15.1. The van der Waals surface area contributed by atoms with E-state index in [2.05, 4.69) is 15.5 Å². The van der Waals surface area contributed by atoms with Gasteiger partial charge in [0, 0.05) is 12.2 Å². The third kappa shape index (κ3) is 3.77. The highest BCUT2D eigenvalue weighted by molar-refractivity contribution is 7.99. The fraction of sp³-hybridized carbons (Fsp3) is 0.263. The fourth-order valence-corrected chi connectivity index (χ4v) is 3.62. The Morgan fingerprint density at radius 3 is 2.42 bits per heavy atom. The van der Waals surface area contributed by atoms with Crippen LogP contribution in [0.25, 0.3) is 5.69 Å². The van der Waals surface area contributed by atoms with Gasteiger partial charge in [0.05, 0.1) is 11.4 Å². The Kier molecular flexibility index (Phi) is 5.68. The molecule has 0 saturated heterocycles. The average Bonchev–Trinajstić information content (AvgIpc) is 3.09. The number of thioether (sulfide) groups is 1. The lowest BCUT2D eigenvalue weighted by atomic mass is 10.1. The maximum absolute atomic E-state index is 12.7. The highest BCUT2D eigenvalue weighted by Crippen LogP contribution is 2.24. The Labute approximate surface area is 157 Å². The summed E-state index contributed by atoms with van der Waals surface area (Å²) in [6.07, 6.45) is 0. The minimum absolute atomic E-state index is 0.0276. The van der Waals surface area contributed by atoms with Crippen LogP contribution in [0.5, 0.6) is 0 Å². The second-order valence-corrected chi connectivity index (χ2v) is 6.82. The number of tetrazole rings is 1. The van der Waals surface area contributed by atoms with Crippen molar-refractivity contribution in [2.45, 2.75) is 25.9 Å². The van der Waals surface area contributed by atoms with Gasteiger partial charge in [-0.25, -0.2) is 0 Å². The molecule has 1 amide bonds. The molecule has 3 rings (SSSR count). The molecule has 3 aromatic rings. The van der Waals surface area contributed by atoms with Crippen molar-refractivity contribution in [3.05, 3.63) is 59.7 Å². The number of nitrogens with zero attached hydrogens (tertiary/aromatic N) is 5. The third-order valence-corrected chi connectivity index (χ3v) is 5.01. The number of carbonyl (C=O) groups is 1. The van der Waals surface area contributed by atoms with Gasteiger partial charge in [-0.3, -0.25) is 4.79 Å². The van der Waals surface area contributed by atoms with Crippen LogP contribution in [-0.2, 0) is 4.79 Å². The molecule has 1 heterocycles. The molecule has 0 atom stereocenters. The molecule has 0 spiro atoms. The van der Waals surface area contributed by atoms with E-state index in [9.17, 15) is 4.79 Å². The van der Waals surface area contributed by atoms with Gasteiger partial charge in [0.2, 0.25) is 11.1 Å².